The predicted molar refractivity (Wildman–Crippen MR) is 74.7 cm³/mol. The summed E-state index contributed by atoms with van der Waals surface area (Å²) in [6.45, 7) is 1.47. The Kier molecular flexibility index (Phi) is 4.11. The van der Waals surface area contributed by atoms with Crippen LogP contribution in [0.25, 0.3) is 0 Å². The van der Waals surface area contributed by atoms with Crippen molar-refractivity contribution in [2.45, 2.75) is 17.9 Å². The van der Waals surface area contributed by atoms with Gasteiger partial charge in [0.2, 0.25) is 0 Å². The van der Waals surface area contributed by atoms with Gasteiger partial charge in [-0.05, 0) is 36.2 Å². The van der Waals surface area contributed by atoms with E-state index in [9.17, 15) is 22.3 Å². The van der Waals surface area contributed by atoms with Crippen molar-refractivity contribution >= 4 is 9.84 Å². The average molecular weight is 312 g/mol. The zero-order valence-corrected chi connectivity index (χ0v) is 12.3. The van der Waals surface area contributed by atoms with E-state index in [0.29, 0.717) is 0 Å². The lowest BCUT2D eigenvalue weighted by Crippen LogP contribution is -2.07. The smallest absolute Gasteiger partial charge is 0.175 e. The minimum absolute atomic E-state index is 0.0728. The van der Waals surface area contributed by atoms with Crippen molar-refractivity contribution in [3.63, 3.8) is 0 Å². The number of hydrogen-bond donors (Lipinski definition) is 1. The molecule has 0 saturated heterocycles. The summed E-state index contributed by atoms with van der Waals surface area (Å²) < 4.78 is 50.4. The summed E-state index contributed by atoms with van der Waals surface area (Å²) in [5.74, 6) is -1.66. The van der Waals surface area contributed by atoms with Crippen LogP contribution in [0.2, 0.25) is 0 Å². The number of benzene rings is 2. The highest BCUT2D eigenvalue weighted by Gasteiger charge is 2.21. The number of aliphatic hydroxyl groups excluding tert-OH is 1. The van der Waals surface area contributed by atoms with Crippen LogP contribution in [0, 0.1) is 18.6 Å². The Morgan fingerprint density at radius 3 is 2.14 bits per heavy atom. The van der Waals surface area contributed by atoms with Crippen LogP contribution in [0.1, 0.15) is 22.8 Å². The van der Waals surface area contributed by atoms with Gasteiger partial charge in [0.15, 0.2) is 9.84 Å². The number of halogens is 2. The van der Waals surface area contributed by atoms with Gasteiger partial charge >= 0.3 is 0 Å². The molecule has 112 valence electrons. The lowest BCUT2D eigenvalue weighted by Gasteiger charge is -2.15. The fraction of sp³-hybridized carbons (Fsp3) is 0.200. The van der Waals surface area contributed by atoms with Gasteiger partial charge in [-0.15, -0.1) is 0 Å². The molecule has 1 unspecified atom stereocenters. The Hall–Kier alpha value is -1.79. The fourth-order valence-corrected chi connectivity index (χ4v) is 2.62. The van der Waals surface area contributed by atoms with Gasteiger partial charge in [0.05, 0.1) is 10.5 Å². The summed E-state index contributed by atoms with van der Waals surface area (Å²) in [6.07, 6.45) is -0.447. The SMILES string of the molecule is Cc1ccc(F)c(C(O)c2ccc(S(C)(=O)=O)cc2)c1F. The highest BCUT2D eigenvalue weighted by Crippen LogP contribution is 2.29. The Morgan fingerprint density at radius 2 is 1.62 bits per heavy atom. The number of rotatable bonds is 3. The molecule has 0 aromatic heterocycles. The molecule has 0 aliphatic heterocycles. The Labute approximate surface area is 121 Å². The predicted octanol–water partition coefficient (Wildman–Crippen LogP) is 2.76. The van der Waals surface area contributed by atoms with Gasteiger partial charge in [0.1, 0.15) is 17.7 Å². The van der Waals surface area contributed by atoms with Crippen LogP contribution in [-0.2, 0) is 9.84 Å². The minimum Gasteiger partial charge on any atom is -0.383 e. The fourth-order valence-electron chi connectivity index (χ4n) is 1.99. The first kappa shape index (κ1) is 15.6. The topological polar surface area (TPSA) is 54.4 Å². The van der Waals surface area contributed by atoms with Crippen molar-refractivity contribution in [3.05, 3.63) is 64.7 Å². The summed E-state index contributed by atoms with van der Waals surface area (Å²) in [6, 6.07) is 7.62. The lowest BCUT2D eigenvalue weighted by molar-refractivity contribution is 0.208. The van der Waals surface area contributed by atoms with Crippen molar-refractivity contribution < 1.29 is 22.3 Å². The maximum Gasteiger partial charge on any atom is 0.175 e. The van der Waals surface area contributed by atoms with Gasteiger partial charge in [-0.25, -0.2) is 17.2 Å². The lowest BCUT2D eigenvalue weighted by atomic mass is 9.98. The summed E-state index contributed by atoms with van der Waals surface area (Å²) in [7, 11) is -3.36. The van der Waals surface area contributed by atoms with Crippen molar-refractivity contribution in [1.82, 2.24) is 0 Å². The molecule has 0 fully saturated rings. The van der Waals surface area contributed by atoms with E-state index in [2.05, 4.69) is 0 Å². The summed E-state index contributed by atoms with van der Waals surface area (Å²) in [5.41, 5.74) is -0.00823. The largest absolute Gasteiger partial charge is 0.383 e. The Morgan fingerprint density at radius 1 is 1.05 bits per heavy atom. The number of hydrogen-bond acceptors (Lipinski definition) is 3. The molecule has 1 N–H and O–H groups in total. The van der Waals surface area contributed by atoms with Gasteiger partial charge in [-0.3, -0.25) is 0 Å². The van der Waals surface area contributed by atoms with Crippen molar-refractivity contribution in [2.75, 3.05) is 6.26 Å². The molecule has 0 amide bonds. The summed E-state index contributed by atoms with van der Waals surface area (Å²) in [4.78, 5) is 0.0728. The van der Waals surface area contributed by atoms with E-state index in [1.807, 2.05) is 0 Å². The average Bonchev–Trinajstić information content (AvgIpc) is 2.42. The molecule has 1 atom stereocenters. The molecule has 21 heavy (non-hydrogen) atoms. The highest BCUT2D eigenvalue weighted by molar-refractivity contribution is 7.90. The first-order valence-electron chi connectivity index (χ1n) is 6.14. The third-order valence-corrected chi connectivity index (χ3v) is 4.35. The number of aliphatic hydroxyl groups is 1. The van der Waals surface area contributed by atoms with E-state index in [0.717, 1.165) is 12.3 Å². The van der Waals surface area contributed by atoms with Gasteiger partial charge in [0.25, 0.3) is 0 Å². The van der Waals surface area contributed by atoms with Crippen LogP contribution < -0.4 is 0 Å². The van der Waals surface area contributed by atoms with Crippen LogP contribution in [0.4, 0.5) is 8.78 Å². The first-order chi connectivity index (χ1) is 9.71. The molecule has 3 nitrogen and oxygen atoms in total. The van der Waals surface area contributed by atoms with Crippen LogP contribution >= 0.6 is 0 Å². The summed E-state index contributed by atoms with van der Waals surface area (Å²) >= 11 is 0. The molecule has 0 radical (unpaired) electrons. The standard InChI is InChI=1S/C15H14F2O3S/c1-9-3-8-12(16)13(14(9)17)15(18)10-4-6-11(7-5-10)21(2,19)20/h3-8,15,18H,1-2H3. The molecule has 6 heteroatoms. The van der Waals surface area contributed by atoms with Gasteiger partial charge in [0, 0.05) is 6.26 Å². The van der Waals surface area contributed by atoms with E-state index in [4.69, 9.17) is 0 Å². The van der Waals surface area contributed by atoms with Crippen molar-refractivity contribution in [1.29, 1.82) is 0 Å². The molecule has 0 aliphatic rings. The maximum atomic E-state index is 14.0. The molecule has 2 aromatic carbocycles. The monoisotopic (exact) mass is 312 g/mol. The first-order valence-corrected chi connectivity index (χ1v) is 8.03. The van der Waals surface area contributed by atoms with E-state index >= 15 is 0 Å². The minimum atomic E-state index is -3.36. The van der Waals surface area contributed by atoms with Crippen molar-refractivity contribution in [2.24, 2.45) is 0 Å². The quantitative estimate of drug-likeness (QED) is 0.948. The zero-order valence-electron chi connectivity index (χ0n) is 11.5. The second-order valence-corrected chi connectivity index (χ2v) is 6.85. The molecule has 2 aromatic rings. The van der Waals surface area contributed by atoms with E-state index in [1.165, 1.54) is 37.3 Å². The van der Waals surface area contributed by atoms with Crippen LogP contribution in [0.3, 0.4) is 0 Å². The third kappa shape index (κ3) is 3.11. The molecule has 0 spiro atoms. The summed E-state index contributed by atoms with van der Waals surface area (Å²) in [5, 5.41) is 10.1. The molecule has 0 saturated carbocycles. The van der Waals surface area contributed by atoms with Gasteiger partial charge < -0.3 is 5.11 Å². The van der Waals surface area contributed by atoms with Crippen LogP contribution in [-0.4, -0.2) is 19.8 Å². The molecule has 0 aliphatic carbocycles. The molecular weight excluding hydrogens is 298 g/mol. The molecular formula is C15H14F2O3S. The molecule has 0 heterocycles. The Balaban J connectivity index is 2.46. The second-order valence-electron chi connectivity index (χ2n) is 4.84. The van der Waals surface area contributed by atoms with Crippen LogP contribution in [0.5, 0.6) is 0 Å². The highest BCUT2D eigenvalue weighted by atomic mass is 32.2. The normalized spacial score (nSPS) is 13.2. The van der Waals surface area contributed by atoms with Crippen LogP contribution in [0.15, 0.2) is 41.3 Å². The van der Waals surface area contributed by atoms with E-state index < -0.39 is 33.1 Å². The van der Waals surface area contributed by atoms with E-state index in [1.54, 1.807) is 0 Å². The van der Waals surface area contributed by atoms with Gasteiger partial charge in [-0.2, -0.15) is 0 Å². The number of aryl methyl sites for hydroxylation is 1. The molecule has 2 rings (SSSR count). The van der Waals surface area contributed by atoms with Gasteiger partial charge in [-0.1, -0.05) is 18.2 Å². The number of sulfone groups is 1. The molecule has 0 bridgehead atoms. The second kappa shape index (κ2) is 5.54. The maximum absolute atomic E-state index is 14.0. The van der Waals surface area contributed by atoms with E-state index in [-0.39, 0.29) is 16.0 Å². The zero-order chi connectivity index (χ0) is 15.8. The third-order valence-electron chi connectivity index (χ3n) is 3.22. The van der Waals surface area contributed by atoms with Crippen molar-refractivity contribution in [3.8, 4) is 0 Å². The Bertz CT molecular complexity index is 768.